The van der Waals surface area contributed by atoms with Gasteiger partial charge in [-0.25, -0.2) is 4.98 Å². The van der Waals surface area contributed by atoms with Crippen LogP contribution in [-0.2, 0) is 7.05 Å². The van der Waals surface area contributed by atoms with Gasteiger partial charge in [0.2, 0.25) is 0 Å². The quantitative estimate of drug-likeness (QED) is 0.702. The zero-order valence-corrected chi connectivity index (χ0v) is 14.4. The smallest absolute Gasteiger partial charge is 0.181 e. The summed E-state index contributed by atoms with van der Waals surface area (Å²) in [6.45, 7) is 0.270. The van der Waals surface area contributed by atoms with Gasteiger partial charge in [-0.05, 0) is 48.5 Å². The molecule has 0 amide bonds. The summed E-state index contributed by atoms with van der Waals surface area (Å²) in [4.78, 5) is 4.19. The molecule has 0 aliphatic carbocycles. The standard InChI is InChI=1S/C18H18ClN3O3/c1-22-12-20-18(21-22)13-2-6-16(7-3-13)24-10-15(23)11-25-17-8-4-14(19)5-9-17/h2-9,12,15,23H,10-11H2,1H3. The van der Waals surface area contributed by atoms with Gasteiger partial charge in [-0.3, -0.25) is 4.68 Å². The van der Waals surface area contributed by atoms with Crippen molar-refractivity contribution in [2.24, 2.45) is 7.05 Å². The number of nitrogens with zero attached hydrogens (tertiary/aromatic N) is 3. The molecule has 3 aromatic rings. The van der Waals surface area contributed by atoms with Crippen molar-refractivity contribution in [3.63, 3.8) is 0 Å². The molecule has 25 heavy (non-hydrogen) atoms. The number of aliphatic hydroxyl groups is 1. The third-order valence-electron chi connectivity index (χ3n) is 3.41. The second-order valence-corrected chi connectivity index (χ2v) is 5.93. The van der Waals surface area contributed by atoms with Gasteiger partial charge in [0.15, 0.2) is 5.82 Å². The van der Waals surface area contributed by atoms with E-state index in [9.17, 15) is 5.11 Å². The highest BCUT2D eigenvalue weighted by Crippen LogP contribution is 2.19. The minimum atomic E-state index is -0.743. The van der Waals surface area contributed by atoms with Gasteiger partial charge >= 0.3 is 0 Å². The molecule has 0 saturated carbocycles. The van der Waals surface area contributed by atoms with Gasteiger partial charge in [0.25, 0.3) is 0 Å². The molecule has 0 radical (unpaired) electrons. The maximum atomic E-state index is 9.96. The SMILES string of the molecule is Cn1cnc(-c2ccc(OCC(O)COc3ccc(Cl)cc3)cc2)n1. The number of hydrogen-bond donors (Lipinski definition) is 1. The Balaban J connectivity index is 1.47. The molecule has 0 bridgehead atoms. The fourth-order valence-electron chi connectivity index (χ4n) is 2.14. The maximum absolute atomic E-state index is 9.96. The van der Waals surface area contributed by atoms with Crippen molar-refractivity contribution < 1.29 is 14.6 Å². The monoisotopic (exact) mass is 359 g/mol. The lowest BCUT2D eigenvalue weighted by molar-refractivity contribution is 0.0626. The summed E-state index contributed by atoms with van der Waals surface area (Å²) >= 11 is 5.81. The van der Waals surface area contributed by atoms with Crippen molar-refractivity contribution in [2.75, 3.05) is 13.2 Å². The second-order valence-electron chi connectivity index (χ2n) is 5.50. The second kappa shape index (κ2) is 8.00. The number of aromatic nitrogens is 3. The van der Waals surface area contributed by atoms with Crippen molar-refractivity contribution in [1.29, 1.82) is 0 Å². The first kappa shape index (κ1) is 17.3. The average molecular weight is 360 g/mol. The van der Waals surface area contributed by atoms with Gasteiger partial charge in [-0.1, -0.05) is 11.6 Å². The van der Waals surface area contributed by atoms with Gasteiger partial charge in [0.05, 0.1) is 0 Å². The fraction of sp³-hybridized carbons (Fsp3) is 0.222. The molecule has 0 saturated heterocycles. The molecular formula is C18H18ClN3O3. The molecule has 0 aliphatic rings. The van der Waals surface area contributed by atoms with E-state index in [-0.39, 0.29) is 13.2 Å². The normalized spacial score (nSPS) is 12.0. The van der Waals surface area contributed by atoms with E-state index in [1.807, 2.05) is 31.3 Å². The van der Waals surface area contributed by atoms with Crippen molar-refractivity contribution >= 4 is 11.6 Å². The third kappa shape index (κ3) is 4.95. The van der Waals surface area contributed by atoms with Crippen LogP contribution in [0, 0.1) is 0 Å². The van der Waals surface area contributed by atoms with Gasteiger partial charge in [0.1, 0.15) is 37.1 Å². The number of halogens is 1. The van der Waals surface area contributed by atoms with Crippen LogP contribution in [0.4, 0.5) is 0 Å². The summed E-state index contributed by atoms with van der Waals surface area (Å²) in [5.41, 5.74) is 0.902. The fourth-order valence-corrected chi connectivity index (χ4v) is 2.26. The van der Waals surface area contributed by atoms with Crippen LogP contribution >= 0.6 is 11.6 Å². The number of aliphatic hydroxyl groups excluding tert-OH is 1. The summed E-state index contributed by atoms with van der Waals surface area (Å²) in [6, 6.07) is 14.4. The van der Waals surface area contributed by atoms with Crippen molar-refractivity contribution in [1.82, 2.24) is 14.8 Å². The van der Waals surface area contributed by atoms with E-state index in [0.717, 1.165) is 5.56 Å². The highest BCUT2D eigenvalue weighted by atomic mass is 35.5. The highest BCUT2D eigenvalue weighted by molar-refractivity contribution is 6.30. The zero-order chi connectivity index (χ0) is 17.6. The van der Waals surface area contributed by atoms with E-state index in [4.69, 9.17) is 21.1 Å². The first-order valence-electron chi connectivity index (χ1n) is 7.75. The van der Waals surface area contributed by atoms with Crippen molar-refractivity contribution in [3.05, 3.63) is 59.9 Å². The van der Waals surface area contributed by atoms with Crippen LogP contribution in [0.15, 0.2) is 54.9 Å². The molecule has 3 rings (SSSR count). The predicted molar refractivity (Wildman–Crippen MR) is 94.9 cm³/mol. The Kier molecular flexibility index (Phi) is 5.53. The predicted octanol–water partition coefficient (Wildman–Crippen LogP) is 2.95. The Morgan fingerprint density at radius 3 is 2.08 bits per heavy atom. The summed E-state index contributed by atoms with van der Waals surface area (Å²) < 4.78 is 12.7. The molecular weight excluding hydrogens is 342 g/mol. The first-order chi connectivity index (χ1) is 12.1. The first-order valence-corrected chi connectivity index (χ1v) is 8.13. The Morgan fingerprint density at radius 2 is 1.56 bits per heavy atom. The lowest BCUT2D eigenvalue weighted by Gasteiger charge is -2.13. The molecule has 0 spiro atoms. The minimum Gasteiger partial charge on any atom is -0.491 e. The Hall–Kier alpha value is -2.57. The largest absolute Gasteiger partial charge is 0.491 e. The van der Waals surface area contributed by atoms with Crippen LogP contribution in [0.3, 0.4) is 0 Å². The molecule has 1 N–H and O–H groups in total. The Labute approximate surface area is 150 Å². The molecule has 7 heteroatoms. The van der Waals surface area contributed by atoms with E-state index in [2.05, 4.69) is 10.1 Å². The molecule has 1 unspecified atom stereocenters. The van der Waals surface area contributed by atoms with Gasteiger partial charge in [0, 0.05) is 17.6 Å². The number of hydrogen-bond acceptors (Lipinski definition) is 5. The number of benzene rings is 2. The summed E-state index contributed by atoms with van der Waals surface area (Å²) in [6.07, 6.45) is 0.907. The highest BCUT2D eigenvalue weighted by Gasteiger charge is 2.08. The Bertz CT molecular complexity index is 803. The maximum Gasteiger partial charge on any atom is 0.181 e. The van der Waals surface area contributed by atoms with Crippen LogP contribution in [0.1, 0.15) is 0 Å². The minimum absolute atomic E-state index is 0.134. The van der Waals surface area contributed by atoms with Gasteiger partial charge < -0.3 is 14.6 Å². The van der Waals surface area contributed by atoms with Crippen LogP contribution in [0.25, 0.3) is 11.4 Å². The van der Waals surface area contributed by atoms with Crippen LogP contribution in [0.2, 0.25) is 5.02 Å². The zero-order valence-electron chi connectivity index (χ0n) is 13.7. The topological polar surface area (TPSA) is 69.4 Å². The van der Waals surface area contributed by atoms with E-state index in [0.29, 0.717) is 22.3 Å². The van der Waals surface area contributed by atoms with E-state index in [1.54, 1.807) is 35.3 Å². The Morgan fingerprint density at radius 1 is 1.00 bits per heavy atom. The summed E-state index contributed by atoms with van der Waals surface area (Å²) in [5.74, 6) is 1.96. The van der Waals surface area contributed by atoms with Crippen LogP contribution in [-0.4, -0.2) is 39.2 Å². The molecule has 2 aromatic carbocycles. The number of aryl methyl sites for hydroxylation is 1. The van der Waals surface area contributed by atoms with Crippen molar-refractivity contribution in [2.45, 2.75) is 6.10 Å². The van der Waals surface area contributed by atoms with Crippen LogP contribution in [0.5, 0.6) is 11.5 Å². The number of rotatable bonds is 7. The summed E-state index contributed by atoms with van der Waals surface area (Å²) in [7, 11) is 1.82. The molecule has 1 heterocycles. The summed E-state index contributed by atoms with van der Waals surface area (Å²) in [5, 5.41) is 14.8. The molecule has 0 fully saturated rings. The van der Waals surface area contributed by atoms with Crippen molar-refractivity contribution in [3.8, 4) is 22.9 Å². The van der Waals surface area contributed by atoms with Gasteiger partial charge in [-0.15, -0.1) is 0 Å². The van der Waals surface area contributed by atoms with E-state index in [1.165, 1.54) is 0 Å². The van der Waals surface area contributed by atoms with E-state index >= 15 is 0 Å². The molecule has 1 atom stereocenters. The van der Waals surface area contributed by atoms with Crippen LogP contribution < -0.4 is 9.47 Å². The molecule has 1 aromatic heterocycles. The number of ether oxygens (including phenoxy) is 2. The van der Waals surface area contributed by atoms with E-state index < -0.39 is 6.10 Å². The molecule has 0 aliphatic heterocycles. The lowest BCUT2D eigenvalue weighted by atomic mass is 10.2. The average Bonchev–Trinajstić information content (AvgIpc) is 3.06. The third-order valence-corrected chi connectivity index (χ3v) is 3.66. The van der Waals surface area contributed by atoms with Gasteiger partial charge in [-0.2, -0.15) is 5.10 Å². The molecule has 130 valence electrons. The lowest BCUT2D eigenvalue weighted by Crippen LogP contribution is -2.25. The molecule has 6 nitrogen and oxygen atoms in total.